The number of carbonyl (C=O) groups is 1. The molecule has 1 aliphatic carbocycles. The van der Waals surface area contributed by atoms with Crippen LogP contribution in [0.5, 0.6) is 0 Å². The van der Waals surface area contributed by atoms with Gasteiger partial charge in [-0.2, -0.15) is 0 Å². The molecule has 1 unspecified atom stereocenters. The van der Waals surface area contributed by atoms with Crippen molar-refractivity contribution in [3.8, 4) is 0 Å². The summed E-state index contributed by atoms with van der Waals surface area (Å²) in [6.07, 6.45) is 5.73. The van der Waals surface area contributed by atoms with E-state index in [1.54, 1.807) is 0 Å². The van der Waals surface area contributed by atoms with Crippen molar-refractivity contribution < 1.29 is 9.90 Å². The summed E-state index contributed by atoms with van der Waals surface area (Å²) in [6.45, 7) is 3.18. The quantitative estimate of drug-likeness (QED) is 0.899. The van der Waals surface area contributed by atoms with Crippen LogP contribution in [0.15, 0.2) is 24.3 Å². The number of carboxylic acids is 1. The Morgan fingerprint density at radius 1 is 1.20 bits per heavy atom. The van der Waals surface area contributed by atoms with Crippen molar-refractivity contribution in [2.45, 2.75) is 51.1 Å². The van der Waals surface area contributed by atoms with Crippen molar-refractivity contribution in [2.75, 3.05) is 6.54 Å². The van der Waals surface area contributed by atoms with Crippen LogP contribution in [-0.2, 0) is 11.2 Å². The maximum absolute atomic E-state index is 11.8. The molecule has 1 atom stereocenters. The molecule has 0 bridgehead atoms. The van der Waals surface area contributed by atoms with E-state index in [-0.39, 0.29) is 0 Å². The zero-order valence-corrected chi connectivity index (χ0v) is 12.1. The second kappa shape index (κ2) is 5.57. The molecule has 1 heterocycles. The van der Waals surface area contributed by atoms with Crippen LogP contribution in [0.4, 0.5) is 0 Å². The Labute approximate surface area is 120 Å². The molecule has 0 amide bonds. The predicted molar refractivity (Wildman–Crippen MR) is 78.6 cm³/mol. The minimum Gasteiger partial charge on any atom is -0.480 e. The molecule has 1 aliphatic heterocycles. The van der Waals surface area contributed by atoms with Gasteiger partial charge in [0.1, 0.15) is 6.04 Å². The van der Waals surface area contributed by atoms with Crippen molar-refractivity contribution in [3.63, 3.8) is 0 Å². The first kappa shape index (κ1) is 13.6. The highest BCUT2D eigenvalue weighted by atomic mass is 16.4. The Kier molecular flexibility index (Phi) is 3.79. The van der Waals surface area contributed by atoms with Crippen LogP contribution in [0.2, 0.25) is 0 Å². The van der Waals surface area contributed by atoms with Crippen molar-refractivity contribution in [1.29, 1.82) is 0 Å². The smallest absolute Gasteiger partial charge is 0.325 e. The lowest BCUT2D eigenvalue weighted by molar-refractivity contribution is -0.145. The van der Waals surface area contributed by atoms with Gasteiger partial charge in [-0.3, -0.25) is 9.69 Å². The van der Waals surface area contributed by atoms with Gasteiger partial charge >= 0.3 is 5.97 Å². The number of aliphatic carboxylic acids is 1. The normalized spacial score (nSPS) is 30.8. The van der Waals surface area contributed by atoms with E-state index >= 15 is 0 Å². The first-order valence-electron chi connectivity index (χ1n) is 7.73. The summed E-state index contributed by atoms with van der Waals surface area (Å²) in [5, 5.41) is 9.70. The van der Waals surface area contributed by atoms with Gasteiger partial charge in [-0.15, -0.1) is 0 Å². The van der Waals surface area contributed by atoms with Crippen LogP contribution in [-0.4, -0.2) is 28.6 Å². The van der Waals surface area contributed by atoms with E-state index in [4.69, 9.17) is 0 Å². The highest BCUT2D eigenvalue weighted by Crippen LogP contribution is 2.36. The molecule has 3 heteroatoms. The molecule has 1 fully saturated rings. The Hall–Kier alpha value is -1.35. The van der Waals surface area contributed by atoms with Crippen LogP contribution in [0.1, 0.15) is 49.8 Å². The summed E-state index contributed by atoms with van der Waals surface area (Å²) in [5.41, 5.74) is 2.21. The molecule has 1 aromatic rings. The standard InChI is InChI=1S/C17H23NO2/c1-12-6-8-14(9-7-12)18-11-10-13-4-2-3-5-15(13)16(18)17(19)20/h2-5,12,14,16H,6-11H2,1H3,(H,19,20). The van der Waals surface area contributed by atoms with Crippen LogP contribution >= 0.6 is 0 Å². The van der Waals surface area contributed by atoms with E-state index in [2.05, 4.69) is 17.9 Å². The van der Waals surface area contributed by atoms with Crippen LogP contribution < -0.4 is 0 Å². The largest absolute Gasteiger partial charge is 0.480 e. The highest BCUT2D eigenvalue weighted by Gasteiger charge is 2.37. The molecule has 0 aromatic heterocycles. The topological polar surface area (TPSA) is 40.5 Å². The van der Waals surface area contributed by atoms with Crippen molar-refractivity contribution >= 4 is 5.97 Å². The Bertz CT molecular complexity index is 492. The highest BCUT2D eigenvalue weighted by molar-refractivity contribution is 5.76. The number of benzene rings is 1. The molecular formula is C17H23NO2. The van der Waals surface area contributed by atoms with Gasteiger partial charge in [0.05, 0.1) is 0 Å². The van der Waals surface area contributed by atoms with E-state index in [1.807, 2.05) is 18.2 Å². The van der Waals surface area contributed by atoms with Gasteiger partial charge in [0, 0.05) is 12.6 Å². The number of hydrogen-bond donors (Lipinski definition) is 1. The second-order valence-corrected chi connectivity index (χ2v) is 6.34. The lowest BCUT2D eigenvalue weighted by atomic mass is 9.83. The maximum atomic E-state index is 11.8. The molecule has 0 radical (unpaired) electrons. The summed E-state index contributed by atoms with van der Waals surface area (Å²) in [4.78, 5) is 14.0. The monoisotopic (exact) mass is 273 g/mol. The number of nitrogens with zero attached hydrogens (tertiary/aromatic N) is 1. The maximum Gasteiger partial charge on any atom is 0.325 e. The number of fused-ring (bicyclic) bond motifs is 1. The molecular weight excluding hydrogens is 250 g/mol. The van der Waals surface area contributed by atoms with Gasteiger partial charge in [0.15, 0.2) is 0 Å². The zero-order chi connectivity index (χ0) is 14.1. The lowest BCUT2D eigenvalue weighted by Gasteiger charge is -2.42. The van der Waals surface area contributed by atoms with Crippen molar-refractivity contribution in [3.05, 3.63) is 35.4 Å². The summed E-state index contributed by atoms with van der Waals surface area (Å²) in [5.74, 6) is 0.0994. The average Bonchev–Trinajstić information content (AvgIpc) is 2.46. The molecule has 0 saturated heterocycles. The van der Waals surface area contributed by atoms with E-state index in [0.717, 1.165) is 37.3 Å². The summed E-state index contributed by atoms with van der Waals surface area (Å²) in [7, 11) is 0. The fourth-order valence-corrected chi connectivity index (χ4v) is 3.83. The molecule has 20 heavy (non-hydrogen) atoms. The summed E-state index contributed by atoms with van der Waals surface area (Å²) in [6, 6.07) is 8.03. The minimum absolute atomic E-state index is 0.445. The van der Waals surface area contributed by atoms with Crippen LogP contribution in [0.3, 0.4) is 0 Å². The molecule has 1 N–H and O–H groups in total. The molecule has 1 aromatic carbocycles. The molecule has 108 valence electrons. The van der Waals surface area contributed by atoms with Gasteiger partial charge in [-0.1, -0.05) is 31.2 Å². The van der Waals surface area contributed by atoms with Crippen LogP contribution in [0.25, 0.3) is 0 Å². The molecule has 1 saturated carbocycles. The fraction of sp³-hybridized carbons (Fsp3) is 0.588. The Balaban J connectivity index is 1.87. The molecule has 0 spiro atoms. The van der Waals surface area contributed by atoms with Crippen LogP contribution in [0, 0.1) is 5.92 Å². The van der Waals surface area contributed by atoms with E-state index in [0.29, 0.717) is 6.04 Å². The third-order valence-corrected chi connectivity index (χ3v) is 5.01. The summed E-state index contributed by atoms with van der Waals surface area (Å²) >= 11 is 0. The first-order chi connectivity index (χ1) is 9.66. The number of carboxylic acid groups (broad SMARTS) is 1. The molecule has 2 aliphatic rings. The van der Waals surface area contributed by atoms with Gasteiger partial charge in [-0.05, 0) is 49.1 Å². The van der Waals surface area contributed by atoms with E-state index in [9.17, 15) is 9.90 Å². The number of hydrogen-bond acceptors (Lipinski definition) is 2. The Morgan fingerprint density at radius 2 is 1.90 bits per heavy atom. The minimum atomic E-state index is -0.698. The van der Waals surface area contributed by atoms with Gasteiger partial charge < -0.3 is 5.11 Å². The van der Waals surface area contributed by atoms with Gasteiger partial charge in [-0.25, -0.2) is 0 Å². The van der Waals surface area contributed by atoms with Gasteiger partial charge in [0.25, 0.3) is 0 Å². The summed E-state index contributed by atoms with van der Waals surface area (Å²) < 4.78 is 0. The first-order valence-corrected chi connectivity index (χ1v) is 7.73. The lowest BCUT2D eigenvalue weighted by Crippen LogP contribution is -2.47. The van der Waals surface area contributed by atoms with E-state index < -0.39 is 12.0 Å². The molecule has 3 nitrogen and oxygen atoms in total. The average molecular weight is 273 g/mol. The fourth-order valence-electron chi connectivity index (χ4n) is 3.83. The van der Waals surface area contributed by atoms with Crippen molar-refractivity contribution in [1.82, 2.24) is 4.90 Å². The molecule has 3 rings (SSSR count). The predicted octanol–water partition coefficient (Wildman–Crippen LogP) is 3.25. The SMILES string of the molecule is CC1CCC(N2CCc3ccccc3C2C(=O)O)CC1. The number of rotatable bonds is 2. The second-order valence-electron chi connectivity index (χ2n) is 6.34. The third-order valence-electron chi connectivity index (χ3n) is 5.01. The van der Waals surface area contributed by atoms with Crippen molar-refractivity contribution in [2.24, 2.45) is 5.92 Å². The zero-order valence-electron chi connectivity index (χ0n) is 12.1. The third kappa shape index (κ3) is 2.47. The Morgan fingerprint density at radius 3 is 2.60 bits per heavy atom. The van der Waals surface area contributed by atoms with E-state index in [1.165, 1.54) is 18.4 Å². The van der Waals surface area contributed by atoms with Gasteiger partial charge in [0.2, 0.25) is 0 Å².